The number of rotatable bonds is 9. The van der Waals surface area contributed by atoms with Crippen LogP contribution in [0.15, 0.2) is 0 Å². The Labute approximate surface area is 87.8 Å². The first-order valence-electron chi connectivity index (χ1n) is 4.11. The van der Waals surface area contributed by atoms with Crippen molar-refractivity contribution in [2.75, 3.05) is 19.8 Å². The summed E-state index contributed by atoms with van der Waals surface area (Å²) in [5.41, 5.74) is 0. The van der Waals surface area contributed by atoms with Crippen LogP contribution in [-0.2, 0) is 14.0 Å². The fourth-order valence-corrected chi connectivity index (χ4v) is 0.598. The molecule has 0 spiro atoms. The maximum absolute atomic E-state index is 11.7. The lowest BCUT2D eigenvalue weighted by Gasteiger charge is -2.13. The van der Waals surface area contributed by atoms with Gasteiger partial charge in [0.25, 0.3) is 19.3 Å². The molecule has 0 fully saturated rings. The number of hydrogen-bond donors (Lipinski definition) is 0. The summed E-state index contributed by atoms with van der Waals surface area (Å²) < 4.78 is 82.4. The van der Waals surface area contributed by atoms with Crippen LogP contribution < -0.4 is 0 Å². The highest BCUT2D eigenvalue weighted by molar-refractivity contribution is 6.36. The maximum Gasteiger partial charge on any atom is 0.640 e. The fourth-order valence-electron chi connectivity index (χ4n) is 0.598. The molecular formula is C6H9BF6O3. The molecule has 0 aromatic carbocycles. The van der Waals surface area contributed by atoms with Crippen LogP contribution in [0, 0.1) is 0 Å². The van der Waals surface area contributed by atoms with E-state index >= 15 is 0 Å². The third-order valence-corrected chi connectivity index (χ3v) is 1.07. The topological polar surface area (TPSA) is 27.7 Å². The monoisotopic (exact) mass is 254 g/mol. The Morgan fingerprint density at radius 3 is 1.06 bits per heavy atom. The van der Waals surface area contributed by atoms with Gasteiger partial charge in [-0.3, -0.25) is 0 Å². The molecule has 0 N–H and O–H groups in total. The van der Waals surface area contributed by atoms with Gasteiger partial charge in [0.2, 0.25) is 0 Å². The maximum atomic E-state index is 11.7. The van der Waals surface area contributed by atoms with Crippen molar-refractivity contribution >= 4 is 7.32 Å². The van der Waals surface area contributed by atoms with Crippen LogP contribution in [0.3, 0.4) is 0 Å². The van der Waals surface area contributed by atoms with Crippen molar-refractivity contribution in [3.05, 3.63) is 0 Å². The molecule has 0 amide bonds. The van der Waals surface area contributed by atoms with Gasteiger partial charge < -0.3 is 14.0 Å². The van der Waals surface area contributed by atoms with E-state index in [4.69, 9.17) is 0 Å². The Balaban J connectivity index is 3.85. The Morgan fingerprint density at radius 2 is 0.875 bits per heavy atom. The third-order valence-electron chi connectivity index (χ3n) is 1.07. The smallest absolute Gasteiger partial charge is 0.380 e. The summed E-state index contributed by atoms with van der Waals surface area (Å²) in [6.07, 6.45) is -8.65. The van der Waals surface area contributed by atoms with Gasteiger partial charge in [-0.2, -0.15) is 0 Å². The van der Waals surface area contributed by atoms with Gasteiger partial charge in [0.05, 0.1) is 19.8 Å². The first kappa shape index (κ1) is 15.5. The highest BCUT2D eigenvalue weighted by atomic mass is 19.3. The quantitative estimate of drug-likeness (QED) is 0.464. The van der Waals surface area contributed by atoms with E-state index in [1.807, 2.05) is 0 Å². The second kappa shape index (κ2) is 8.65. The largest absolute Gasteiger partial charge is 0.640 e. The summed E-state index contributed by atoms with van der Waals surface area (Å²) in [4.78, 5) is 0. The van der Waals surface area contributed by atoms with E-state index in [-0.39, 0.29) is 0 Å². The molecule has 0 radical (unpaired) electrons. The van der Waals surface area contributed by atoms with Crippen molar-refractivity contribution in [1.82, 2.24) is 0 Å². The van der Waals surface area contributed by atoms with Crippen LogP contribution >= 0.6 is 0 Å². The lowest BCUT2D eigenvalue weighted by Crippen LogP contribution is -2.32. The molecule has 0 bridgehead atoms. The van der Waals surface area contributed by atoms with Crippen LogP contribution in [0.4, 0.5) is 26.3 Å². The molecule has 16 heavy (non-hydrogen) atoms. The van der Waals surface area contributed by atoms with E-state index in [1.54, 1.807) is 0 Å². The number of hydrogen-bond acceptors (Lipinski definition) is 3. The average Bonchev–Trinajstić information content (AvgIpc) is 2.15. The van der Waals surface area contributed by atoms with Crippen molar-refractivity contribution in [1.29, 1.82) is 0 Å². The molecule has 96 valence electrons. The number of halogens is 6. The minimum absolute atomic E-state index is 1.16. The van der Waals surface area contributed by atoms with Crippen LogP contribution in [0.25, 0.3) is 0 Å². The number of alkyl halides is 6. The van der Waals surface area contributed by atoms with E-state index in [9.17, 15) is 26.3 Å². The van der Waals surface area contributed by atoms with Crippen molar-refractivity contribution in [3.63, 3.8) is 0 Å². The molecule has 0 saturated heterocycles. The van der Waals surface area contributed by atoms with E-state index in [1.165, 1.54) is 0 Å². The Hall–Kier alpha value is -0.475. The lowest BCUT2D eigenvalue weighted by molar-refractivity contribution is -0.0131. The molecule has 0 atom stereocenters. The molecule has 0 unspecified atom stereocenters. The van der Waals surface area contributed by atoms with Crippen molar-refractivity contribution in [2.45, 2.75) is 19.3 Å². The van der Waals surface area contributed by atoms with Crippen molar-refractivity contribution in [3.8, 4) is 0 Å². The Bertz CT molecular complexity index is 144. The SMILES string of the molecule is FC(F)COB(OCC(F)F)OCC(F)F. The van der Waals surface area contributed by atoms with Crippen LogP contribution in [0.1, 0.15) is 0 Å². The van der Waals surface area contributed by atoms with Crippen molar-refractivity contribution < 1.29 is 40.3 Å². The van der Waals surface area contributed by atoms with Crippen LogP contribution in [0.2, 0.25) is 0 Å². The summed E-state index contributed by atoms with van der Waals surface area (Å²) >= 11 is 0. The lowest BCUT2D eigenvalue weighted by atomic mass is 10.2. The van der Waals surface area contributed by atoms with Gasteiger partial charge in [0, 0.05) is 0 Å². The van der Waals surface area contributed by atoms with Gasteiger partial charge in [-0.25, -0.2) is 26.3 Å². The van der Waals surface area contributed by atoms with Gasteiger partial charge in [0.15, 0.2) is 0 Å². The van der Waals surface area contributed by atoms with Gasteiger partial charge in [0.1, 0.15) is 0 Å². The van der Waals surface area contributed by atoms with E-state index in [2.05, 4.69) is 14.0 Å². The second-order valence-electron chi connectivity index (χ2n) is 2.46. The molecule has 0 heterocycles. The summed E-state index contributed by atoms with van der Waals surface area (Å²) in [5.74, 6) is 0. The molecule has 10 heteroatoms. The predicted molar refractivity (Wildman–Crippen MR) is 41.6 cm³/mol. The molecule has 0 aromatic rings. The minimum Gasteiger partial charge on any atom is -0.380 e. The van der Waals surface area contributed by atoms with Gasteiger partial charge in [-0.15, -0.1) is 0 Å². The van der Waals surface area contributed by atoms with Crippen LogP contribution in [0.5, 0.6) is 0 Å². The molecule has 0 aliphatic carbocycles. The molecule has 0 rings (SSSR count). The summed E-state index contributed by atoms with van der Waals surface area (Å²) in [7, 11) is -1.95. The zero-order valence-electron chi connectivity index (χ0n) is 7.92. The molecule has 0 aliphatic heterocycles. The first-order valence-corrected chi connectivity index (χ1v) is 4.11. The Kier molecular flexibility index (Phi) is 8.39. The highest BCUT2D eigenvalue weighted by Crippen LogP contribution is 2.03. The zero-order valence-corrected chi connectivity index (χ0v) is 7.92. The van der Waals surface area contributed by atoms with E-state index in [0.717, 1.165) is 0 Å². The summed E-state index contributed by atoms with van der Waals surface area (Å²) in [6.45, 7) is -3.47. The van der Waals surface area contributed by atoms with Crippen molar-refractivity contribution in [2.24, 2.45) is 0 Å². The molecule has 0 aromatic heterocycles. The van der Waals surface area contributed by atoms with Gasteiger partial charge in [-0.05, 0) is 0 Å². The fraction of sp³-hybridized carbons (Fsp3) is 1.00. The first-order chi connectivity index (χ1) is 7.41. The van der Waals surface area contributed by atoms with E-state index in [0.29, 0.717) is 0 Å². The molecule has 3 nitrogen and oxygen atoms in total. The van der Waals surface area contributed by atoms with E-state index < -0.39 is 46.4 Å². The highest BCUT2D eigenvalue weighted by Gasteiger charge is 2.26. The zero-order chi connectivity index (χ0) is 12.6. The van der Waals surface area contributed by atoms with Gasteiger partial charge >= 0.3 is 7.32 Å². The van der Waals surface area contributed by atoms with Gasteiger partial charge in [-0.1, -0.05) is 0 Å². The normalized spacial score (nSPS) is 11.8. The second-order valence-corrected chi connectivity index (χ2v) is 2.46. The standard InChI is InChI=1S/C6H9BF6O3/c8-4(9)1-14-7(15-2-5(10)11)16-3-6(12)13/h4-6H,1-3H2. The Morgan fingerprint density at radius 1 is 0.625 bits per heavy atom. The minimum atomic E-state index is -2.88. The summed E-state index contributed by atoms with van der Waals surface area (Å²) in [6, 6.07) is 0. The molecule has 0 saturated carbocycles. The summed E-state index contributed by atoms with van der Waals surface area (Å²) in [5, 5.41) is 0. The predicted octanol–water partition coefficient (Wildman–Crippen LogP) is 1.82. The third kappa shape index (κ3) is 10.1. The molecule has 0 aliphatic rings. The molecular weight excluding hydrogens is 245 g/mol. The van der Waals surface area contributed by atoms with Crippen LogP contribution in [-0.4, -0.2) is 46.4 Å². The average molecular weight is 254 g/mol.